The first-order valence-electron chi connectivity index (χ1n) is 12.0. The number of benzene rings is 3. The van der Waals surface area contributed by atoms with Crippen LogP contribution in [0.5, 0.6) is 0 Å². The maximum atomic E-state index is 4.93. The van der Waals surface area contributed by atoms with Crippen LogP contribution in [-0.4, -0.2) is 11.3 Å². The molecule has 0 nitrogen and oxygen atoms in total. The zero-order valence-electron chi connectivity index (χ0n) is 20.5. The van der Waals surface area contributed by atoms with E-state index in [4.69, 9.17) is 17.0 Å². The second kappa shape index (κ2) is 14.0. The molecule has 0 aliphatic heterocycles. The van der Waals surface area contributed by atoms with E-state index in [2.05, 4.69) is 107 Å². The van der Waals surface area contributed by atoms with E-state index in [-0.39, 0.29) is 7.92 Å². The van der Waals surface area contributed by atoms with Crippen molar-refractivity contribution >= 4 is 41.0 Å². The van der Waals surface area contributed by atoms with Crippen molar-refractivity contribution in [2.45, 2.75) is 58.3 Å². The Labute approximate surface area is 225 Å². The summed E-state index contributed by atoms with van der Waals surface area (Å²) in [6.45, 7) is 9.50. The maximum absolute atomic E-state index is 4.93. The molecule has 0 heterocycles. The Balaban J connectivity index is 0.000000177. The molecule has 0 aromatic heterocycles. The van der Waals surface area contributed by atoms with Gasteiger partial charge in [0.25, 0.3) is 0 Å². The molecular weight excluding hydrogens is 553 g/mol. The van der Waals surface area contributed by atoms with Gasteiger partial charge in [-0.3, -0.25) is 0 Å². The summed E-state index contributed by atoms with van der Waals surface area (Å²) in [5.74, 6) is 0. The standard InChI is InChI=1S/C17H24P.C13H9.2ClH.Zr/c1-5-13(3)18(14(4)6-2)17-11-15-9-7-8-10-16(15)12-17;1-3-7-12-10(5-1)9-11-6-2-4-8-13(11)12;;;/h7-14H,5-6H2,1-4H3;1-5,7-8H,9H2;2*1H;/q2*-1;;;+4/p-2. The van der Waals surface area contributed by atoms with E-state index >= 15 is 0 Å². The van der Waals surface area contributed by atoms with Crippen molar-refractivity contribution in [2.75, 3.05) is 0 Å². The number of hydrogen-bond donors (Lipinski definition) is 0. The molecule has 4 aromatic rings. The predicted molar refractivity (Wildman–Crippen MR) is 151 cm³/mol. The average Bonchev–Trinajstić information content (AvgIpc) is 3.46. The molecule has 34 heavy (non-hydrogen) atoms. The van der Waals surface area contributed by atoms with Crippen LogP contribution in [0.15, 0.2) is 78.9 Å². The van der Waals surface area contributed by atoms with Gasteiger partial charge >= 0.3 is 37.9 Å². The fourth-order valence-corrected chi connectivity index (χ4v) is 7.87. The number of rotatable bonds is 5. The van der Waals surface area contributed by atoms with Crippen molar-refractivity contribution in [1.82, 2.24) is 0 Å². The molecule has 4 heteroatoms. The van der Waals surface area contributed by atoms with Gasteiger partial charge in [0.05, 0.1) is 0 Å². The normalized spacial score (nSPS) is 13.8. The fourth-order valence-electron chi connectivity index (χ4n) is 4.62. The van der Waals surface area contributed by atoms with Gasteiger partial charge in [-0.1, -0.05) is 77.1 Å². The Morgan fingerprint density at radius 1 is 0.912 bits per heavy atom. The van der Waals surface area contributed by atoms with Crippen LogP contribution in [0.4, 0.5) is 0 Å². The summed E-state index contributed by atoms with van der Waals surface area (Å²) in [6.07, 6.45) is 3.63. The molecular formula is C30H33Cl2PZr. The molecule has 2 atom stereocenters. The van der Waals surface area contributed by atoms with Crippen molar-refractivity contribution in [3.8, 4) is 11.1 Å². The summed E-state index contributed by atoms with van der Waals surface area (Å²) in [6, 6.07) is 31.7. The van der Waals surface area contributed by atoms with E-state index in [0.29, 0.717) is 0 Å². The van der Waals surface area contributed by atoms with Gasteiger partial charge in [-0.15, -0.1) is 45.9 Å². The Morgan fingerprint density at radius 2 is 1.53 bits per heavy atom. The number of fused-ring (bicyclic) bond motifs is 4. The molecule has 0 bridgehead atoms. The first kappa shape index (κ1) is 27.7. The Morgan fingerprint density at radius 3 is 2.21 bits per heavy atom. The molecule has 0 amide bonds. The van der Waals surface area contributed by atoms with Crippen LogP contribution in [-0.2, 0) is 27.3 Å². The van der Waals surface area contributed by atoms with Gasteiger partial charge in [0, 0.05) is 0 Å². The first-order chi connectivity index (χ1) is 16.5. The van der Waals surface area contributed by atoms with E-state index < -0.39 is 20.8 Å². The van der Waals surface area contributed by atoms with E-state index in [0.717, 1.165) is 17.7 Å². The van der Waals surface area contributed by atoms with Crippen LogP contribution in [0.2, 0.25) is 0 Å². The molecule has 2 unspecified atom stereocenters. The molecule has 5 rings (SSSR count). The van der Waals surface area contributed by atoms with E-state index in [9.17, 15) is 0 Å². The van der Waals surface area contributed by atoms with Gasteiger partial charge in [-0.25, -0.2) is 0 Å². The van der Waals surface area contributed by atoms with Crippen molar-refractivity contribution in [1.29, 1.82) is 0 Å². The summed E-state index contributed by atoms with van der Waals surface area (Å²) in [7, 11) is 9.84. The minimum absolute atomic E-state index is 0.0252. The van der Waals surface area contributed by atoms with Crippen LogP contribution in [0.3, 0.4) is 0 Å². The third kappa shape index (κ3) is 6.89. The predicted octanol–water partition coefficient (Wildman–Crippen LogP) is 9.70. The van der Waals surface area contributed by atoms with Gasteiger partial charge < -0.3 is 0 Å². The van der Waals surface area contributed by atoms with Gasteiger partial charge in [0.2, 0.25) is 0 Å². The summed E-state index contributed by atoms with van der Waals surface area (Å²) >= 11 is -0.826. The largest absolute Gasteiger partial charge is 0.179 e. The quantitative estimate of drug-likeness (QED) is 0.142. The number of halogens is 2. The Hall–Kier alpha value is -0.837. The van der Waals surface area contributed by atoms with E-state index in [1.54, 1.807) is 5.30 Å². The minimum atomic E-state index is -0.826. The first-order valence-corrected chi connectivity index (χ1v) is 19.8. The van der Waals surface area contributed by atoms with Crippen molar-refractivity contribution < 1.29 is 20.8 Å². The van der Waals surface area contributed by atoms with Gasteiger partial charge in [-0.05, 0) is 30.6 Å². The van der Waals surface area contributed by atoms with Gasteiger partial charge in [0.15, 0.2) is 0 Å². The van der Waals surface area contributed by atoms with Crippen LogP contribution >= 0.6 is 24.9 Å². The van der Waals surface area contributed by atoms with Crippen LogP contribution < -0.4 is 5.30 Å². The number of hydrogen-bond acceptors (Lipinski definition) is 0. The second-order valence-electron chi connectivity index (χ2n) is 8.73. The minimum Gasteiger partial charge on any atom is -0.179 e. The summed E-state index contributed by atoms with van der Waals surface area (Å²) in [5.41, 5.74) is 7.16. The Bertz CT molecular complexity index is 1080. The zero-order chi connectivity index (χ0) is 24.5. The van der Waals surface area contributed by atoms with Gasteiger partial charge in [-0.2, -0.15) is 35.9 Å². The molecule has 0 spiro atoms. The maximum Gasteiger partial charge on any atom is -0.0253 e. The van der Waals surface area contributed by atoms with Crippen LogP contribution in [0.1, 0.15) is 51.7 Å². The SMILES string of the molecule is CCC(C)P(c1cc2ccccc2[cH-]1)C(C)CC.[Cl][Zr+2][Cl].[c-]1cccc2c1Cc1ccccc1-2. The molecule has 176 valence electrons. The molecule has 0 saturated heterocycles. The summed E-state index contributed by atoms with van der Waals surface area (Å²) in [5, 5.41) is 4.42. The summed E-state index contributed by atoms with van der Waals surface area (Å²) in [4.78, 5) is 0. The van der Waals surface area contributed by atoms with E-state index in [1.165, 1.54) is 45.9 Å². The Kier molecular flexibility index (Phi) is 11.5. The fraction of sp³-hybridized carbons (Fsp3) is 0.300. The average molecular weight is 587 g/mol. The summed E-state index contributed by atoms with van der Waals surface area (Å²) < 4.78 is 0. The van der Waals surface area contributed by atoms with Gasteiger partial charge in [0.1, 0.15) is 0 Å². The molecule has 1 aliphatic rings. The monoisotopic (exact) mass is 584 g/mol. The van der Waals surface area contributed by atoms with Crippen molar-refractivity contribution in [3.05, 3.63) is 96.1 Å². The molecule has 1 aliphatic carbocycles. The van der Waals surface area contributed by atoms with Crippen LogP contribution in [0, 0.1) is 6.07 Å². The molecule has 0 fully saturated rings. The molecule has 0 saturated carbocycles. The van der Waals surface area contributed by atoms with Crippen molar-refractivity contribution in [3.63, 3.8) is 0 Å². The molecule has 4 aromatic carbocycles. The van der Waals surface area contributed by atoms with Crippen LogP contribution in [0.25, 0.3) is 21.9 Å². The second-order valence-corrected chi connectivity index (χ2v) is 15.6. The molecule has 0 N–H and O–H groups in total. The van der Waals surface area contributed by atoms with E-state index in [1.807, 2.05) is 6.07 Å². The topological polar surface area (TPSA) is 0 Å². The van der Waals surface area contributed by atoms with Crippen molar-refractivity contribution in [2.24, 2.45) is 0 Å². The third-order valence-corrected chi connectivity index (χ3v) is 10.1. The smallest absolute Gasteiger partial charge is 0.0253 e. The third-order valence-electron chi connectivity index (χ3n) is 6.65. The zero-order valence-corrected chi connectivity index (χ0v) is 25.3. The molecule has 0 radical (unpaired) electrons.